The normalized spacial score (nSPS) is 11.1. The summed E-state index contributed by atoms with van der Waals surface area (Å²) in [5.74, 6) is 1.39. The maximum Gasteiger partial charge on any atom is 0.175 e. The van der Waals surface area contributed by atoms with E-state index in [1.165, 1.54) is 11.8 Å². The summed E-state index contributed by atoms with van der Waals surface area (Å²) in [4.78, 5) is 16.8. The van der Waals surface area contributed by atoms with Crippen molar-refractivity contribution in [2.45, 2.75) is 25.5 Å². The van der Waals surface area contributed by atoms with Crippen LogP contribution in [-0.2, 0) is 13.6 Å². The molecule has 0 aromatic carbocycles. The first-order valence-corrected chi connectivity index (χ1v) is 8.37. The molecule has 0 aliphatic heterocycles. The zero-order valence-corrected chi connectivity index (χ0v) is 14.3. The molecular weight excluding hydrogens is 310 g/mol. The lowest BCUT2D eigenvalue weighted by atomic mass is 10.2. The molecule has 0 bridgehead atoms. The van der Waals surface area contributed by atoms with Crippen molar-refractivity contribution in [3.05, 3.63) is 59.6 Å². The van der Waals surface area contributed by atoms with Gasteiger partial charge in [0, 0.05) is 36.4 Å². The van der Waals surface area contributed by atoms with Crippen LogP contribution in [0.1, 0.15) is 27.5 Å². The minimum atomic E-state index is 0.122. The van der Waals surface area contributed by atoms with E-state index in [9.17, 15) is 4.79 Å². The monoisotopic (exact) mass is 329 g/mol. The van der Waals surface area contributed by atoms with Crippen LogP contribution in [0.5, 0.6) is 0 Å². The molecule has 3 aromatic heterocycles. The Morgan fingerprint density at radius 3 is 2.87 bits per heavy atom. The lowest BCUT2D eigenvalue weighted by Gasteiger charge is -2.07. The largest absolute Gasteiger partial charge is 0.467 e. The summed E-state index contributed by atoms with van der Waals surface area (Å²) in [6.07, 6.45) is 5.28. The van der Waals surface area contributed by atoms with E-state index in [1.807, 2.05) is 49.9 Å². The molecule has 5 nitrogen and oxygen atoms in total. The number of thioether (sulfide) groups is 1. The predicted molar refractivity (Wildman–Crippen MR) is 90.0 cm³/mol. The third-order valence-electron chi connectivity index (χ3n) is 3.88. The van der Waals surface area contributed by atoms with Gasteiger partial charge < -0.3 is 13.6 Å². The second-order valence-corrected chi connectivity index (χ2v) is 6.43. The maximum atomic E-state index is 12.5. The van der Waals surface area contributed by atoms with Crippen molar-refractivity contribution < 1.29 is 9.21 Å². The maximum absolute atomic E-state index is 12.5. The minimum Gasteiger partial charge on any atom is -0.467 e. The molecular formula is C17H19N3O2S. The van der Waals surface area contributed by atoms with E-state index >= 15 is 0 Å². The highest BCUT2D eigenvalue weighted by Crippen LogP contribution is 2.21. The Balaban J connectivity index is 1.75. The summed E-state index contributed by atoms with van der Waals surface area (Å²) >= 11 is 1.46. The molecule has 0 N–H and O–H groups in total. The first-order valence-electron chi connectivity index (χ1n) is 7.38. The van der Waals surface area contributed by atoms with Crippen LogP contribution in [0.2, 0.25) is 0 Å². The van der Waals surface area contributed by atoms with Gasteiger partial charge in [0.05, 0.1) is 18.6 Å². The Kier molecular flexibility index (Phi) is 4.43. The fraction of sp³-hybridized carbons (Fsp3) is 0.294. The average molecular weight is 329 g/mol. The lowest BCUT2D eigenvalue weighted by Crippen LogP contribution is -2.07. The van der Waals surface area contributed by atoms with Gasteiger partial charge in [0.2, 0.25) is 0 Å². The fourth-order valence-corrected chi connectivity index (χ4v) is 3.40. The van der Waals surface area contributed by atoms with Gasteiger partial charge in [0.15, 0.2) is 10.9 Å². The second-order valence-electron chi connectivity index (χ2n) is 5.48. The van der Waals surface area contributed by atoms with Crippen LogP contribution in [0, 0.1) is 13.8 Å². The number of carbonyl (C=O) groups excluding carboxylic acids is 1. The van der Waals surface area contributed by atoms with Crippen LogP contribution >= 0.6 is 11.8 Å². The van der Waals surface area contributed by atoms with Crippen molar-refractivity contribution in [3.8, 4) is 0 Å². The number of nitrogens with zero attached hydrogens (tertiary/aromatic N) is 3. The van der Waals surface area contributed by atoms with E-state index in [0.29, 0.717) is 12.3 Å². The van der Waals surface area contributed by atoms with Crippen LogP contribution in [0.25, 0.3) is 0 Å². The van der Waals surface area contributed by atoms with Gasteiger partial charge in [-0.05, 0) is 32.0 Å². The Bertz CT molecular complexity index is 815. The summed E-state index contributed by atoms with van der Waals surface area (Å²) in [7, 11) is 1.93. The summed E-state index contributed by atoms with van der Waals surface area (Å²) in [5, 5.41) is 0.850. The third-order valence-corrected chi connectivity index (χ3v) is 4.94. The van der Waals surface area contributed by atoms with Gasteiger partial charge in [-0.3, -0.25) is 4.79 Å². The van der Waals surface area contributed by atoms with E-state index in [0.717, 1.165) is 27.9 Å². The summed E-state index contributed by atoms with van der Waals surface area (Å²) in [5.41, 5.74) is 2.81. The molecule has 0 amide bonds. The Morgan fingerprint density at radius 2 is 2.22 bits per heavy atom. The number of hydrogen-bond acceptors (Lipinski definition) is 4. The Labute approximate surface area is 139 Å². The molecule has 0 fully saturated rings. The fourth-order valence-electron chi connectivity index (χ4n) is 2.58. The molecule has 3 heterocycles. The number of ketones is 1. The van der Waals surface area contributed by atoms with Crippen molar-refractivity contribution in [1.29, 1.82) is 0 Å². The van der Waals surface area contributed by atoms with Crippen molar-refractivity contribution in [3.63, 3.8) is 0 Å². The van der Waals surface area contributed by atoms with E-state index in [-0.39, 0.29) is 5.78 Å². The molecule has 0 spiro atoms. The molecule has 0 aliphatic rings. The Morgan fingerprint density at radius 1 is 1.39 bits per heavy atom. The SMILES string of the molecule is Cc1cc(C(=O)CSc2nccn2C)c(C)n1Cc1ccco1. The highest BCUT2D eigenvalue weighted by molar-refractivity contribution is 7.99. The van der Waals surface area contributed by atoms with Crippen LogP contribution < -0.4 is 0 Å². The number of aryl methyl sites for hydroxylation is 2. The summed E-state index contributed by atoms with van der Waals surface area (Å²) < 4.78 is 9.43. The molecule has 0 unspecified atom stereocenters. The molecule has 3 aromatic rings. The number of aromatic nitrogens is 3. The molecule has 0 radical (unpaired) electrons. The van der Waals surface area contributed by atoms with Crippen molar-refractivity contribution in [2.24, 2.45) is 7.05 Å². The molecule has 0 saturated carbocycles. The van der Waals surface area contributed by atoms with E-state index < -0.39 is 0 Å². The molecule has 23 heavy (non-hydrogen) atoms. The first-order chi connectivity index (χ1) is 11.1. The average Bonchev–Trinajstić information content (AvgIpc) is 3.23. The van der Waals surface area contributed by atoms with Gasteiger partial charge in [-0.25, -0.2) is 4.98 Å². The number of carbonyl (C=O) groups is 1. The van der Waals surface area contributed by atoms with Crippen LogP contribution in [-0.4, -0.2) is 25.7 Å². The predicted octanol–water partition coefficient (Wildman–Crippen LogP) is 3.45. The second kappa shape index (κ2) is 6.50. The zero-order valence-electron chi connectivity index (χ0n) is 13.4. The summed E-state index contributed by atoms with van der Waals surface area (Å²) in [6.45, 7) is 4.64. The molecule has 0 atom stereocenters. The van der Waals surface area contributed by atoms with E-state index in [1.54, 1.807) is 12.5 Å². The van der Waals surface area contributed by atoms with Gasteiger partial charge in [-0.15, -0.1) is 0 Å². The van der Waals surface area contributed by atoms with Crippen molar-refractivity contribution in [1.82, 2.24) is 14.1 Å². The standard InChI is InChI=1S/C17H19N3O2S/c1-12-9-15(13(2)20(12)10-14-5-4-8-22-14)16(21)11-23-17-18-6-7-19(17)3/h4-9H,10-11H2,1-3H3. The van der Waals surface area contributed by atoms with Gasteiger partial charge in [-0.2, -0.15) is 0 Å². The van der Waals surface area contributed by atoms with Gasteiger partial charge >= 0.3 is 0 Å². The number of rotatable bonds is 6. The molecule has 0 aliphatic carbocycles. The Hall–Kier alpha value is -2.21. The number of hydrogen-bond donors (Lipinski definition) is 0. The van der Waals surface area contributed by atoms with Crippen LogP contribution in [0.4, 0.5) is 0 Å². The summed E-state index contributed by atoms with van der Waals surface area (Å²) in [6, 6.07) is 5.77. The highest BCUT2D eigenvalue weighted by Gasteiger charge is 2.17. The van der Waals surface area contributed by atoms with Crippen LogP contribution in [0.3, 0.4) is 0 Å². The van der Waals surface area contributed by atoms with E-state index in [2.05, 4.69) is 9.55 Å². The highest BCUT2D eigenvalue weighted by atomic mass is 32.2. The van der Waals surface area contributed by atoms with Crippen molar-refractivity contribution in [2.75, 3.05) is 5.75 Å². The zero-order chi connectivity index (χ0) is 16.4. The molecule has 0 saturated heterocycles. The molecule has 6 heteroatoms. The van der Waals surface area contributed by atoms with Gasteiger partial charge in [0.1, 0.15) is 5.76 Å². The number of Topliss-reactive ketones (excluding diaryl/α,β-unsaturated/α-hetero) is 1. The molecule has 120 valence electrons. The van der Waals surface area contributed by atoms with Gasteiger partial charge in [0.25, 0.3) is 0 Å². The quantitative estimate of drug-likeness (QED) is 0.513. The topological polar surface area (TPSA) is 53.0 Å². The number of imidazole rings is 1. The van der Waals surface area contributed by atoms with E-state index in [4.69, 9.17) is 4.42 Å². The van der Waals surface area contributed by atoms with Gasteiger partial charge in [-0.1, -0.05) is 11.8 Å². The van der Waals surface area contributed by atoms with Crippen molar-refractivity contribution >= 4 is 17.5 Å². The third kappa shape index (κ3) is 3.27. The lowest BCUT2D eigenvalue weighted by molar-refractivity contribution is 0.102. The first kappa shape index (κ1) is 15.7. The molecule has 3 rings (SSSR count). The number of furan rings is 1. The minimum absolute atomic E-state index is 0.122. The smallest absolute Gasteiger partial charge is 0.175 e. The van der Waals surface area contributed by atoms with Crippen LogP contribution in [0.15, 0.2) is 46.4 Å².